The fourth-order valence-electron chi connectivity index (χ4n) is 1.60. The van der Waals surface area contributed by atoms with Gasteiger partial charge in [0, 0.05) is 0 Å². The molecule has 0 spiro atoms. The lowest BCUT2D eigenvalue weighted by Gasteiger charge is -1.87. The molecule has 2 nitrogen and oxygen atoms in total. The molecule has 0 N–H and O–H groups in total. The van der Waals surface area contributed by atoms with Crippen molar-refractivity contribution in [3.8, 4) is 0 Å². The molecule has 0 atom stereocenters. The minimum absolute atomic E-state index is 1.07. The third-order valence-electron chi connectivity index (χ3n) is 2.13. The van der Waals surface area contributed by atoms with Crippen LogP contribution in [0.25, 0.3) is 20.4 Å². The maximum atomic E-state index is 4.54. The summed E-state index contributed by atoms with van der Waals surface area (Å²) in [5, 5.41) is 2.23. The van der Waals surface area contributed by atoms with Crippen molar-refractivity contribution in [1.29, 1.82) is 0 Å². The highest BCUT2D eigenvalue weighted by Crippen LogP contribution is 2.32. The molecule has 2 heterocycles. The first-order valence-corrected chi connectivity index (χ1v) is 6.00. The fourth-order valence-corrected chi connectivity index (χ4v) is 3.41. The SMILES string of the molecule is Cc1nc2c(ccc3nc(C)sc32)s1. The number of aryl methyl sites for hydroxylation is 2. The first kappa shape index (κ1) is 8.32. The van der Waals surface area contributed by atoms with Gasteiger partial charge in [-0.25, -0.2) is 9.97 Å². The summed E-state index contributed by atoms with van der Waals surface area (Å²) in [4.78, 5) is 9.00. The van der Waals surface area contributed by atoms with Crippen LogP contribution in [0.4, 0.5) is 0 Å². The average molecular weight is 220 g/mol. The molecule has 0 aliphatic rings. The minimum Gasteiger partial charge on any atom is -0.241 e. The van der Waals surface area contributed by atoms with Gasteiger partial charge >= 0.3 is 0 Å². The number of fused-ring (bicyclic) bond motifs is 3. The van der Waals surface area contributed by atoms with E-state index in [4.69, 9.17) is 0 Å². The van der Waals surface area contributed by atoms with Crippen LogP contribution in [0, 0.1) is 13.8 Å². The Hall–Kier alpha value is -1.00. The van der Waals surface area contributed by atoms with E-state index >= 15 is 0 Å². The van der Waals surface area contributed by atoms with Crippen molar-refractivity contribution >= 4 is 43.1 Å². The zero-order valence-corrected chi connectivity index (χ0v) is 9.50. The number of nitrogens with zero attached hydrogens (tertiary/aromatic N) is 2. The van der Waals surface area contributed by atoms with Crippen molar-refractivity contribution in [2.24, 2.45) is 0 Å². The maximum absolute atomic E-state index is 4.54. The lowest BCUT2D eigenvalue weighted by atomic mass is 10.3. The second kappa shape index (κ2) is 2.74. The molecule has 0 amide bonds. The lowest BCUT2D eigenvalue weighted by Crippen LogP contribution is -1.70. The predicted octanol–water partition coefficient (Wildman–Crippen LogP) is 3.52. The van der Waals surface area contributed by atoms with Crippen molar-refractivity contribution in [2.45, 2.75) is 13.8 Å². The van der Waals surface area contributed by atoms with E-state index in [2.05, 4.69) is 22.1 Å². The van der Waals surface area contributed by atoms with Crippen LogP contribution >= 0.6 is 22.7 Å². The molecule has 0 unspecified atom stereocenters. The summed E-state index contributed by atoms with van der Waals surface area (Å²) in [6.07, 6.45) is 0. The summed E-state index contributed by atoms with van der Waals surface area (Å²) in [6, 6.07) is 4.19. The van der Waals surface area contributed by atoms with E-state index < -0.39 is 0 Å². The molecular weight excluding hydrogens is 212 g/mol. The normalized spacial score (nSPS) is 11.6. The van der Waals surface area contributed by atoms with E-state index in [0.29, 0.717) is 0 Å². The number of hydrogen-bond donors (Lipinski definition) is 0. The molecular formula is C10H8N2S2. The molecule has 0 aliphatic heterocycles. The van der Waals surface area contributed by atoms with Crippen LogP contribution in [0.1, 0.15) is 10.0 Å². The monoisotopic (exact) mass is 220 g/mol. The Labute approximate surface area is 89.2 Å². The van der Waals surface area contributed by atoms with E-state index in [0.717, 1.165) is 21.0 Å². The Morgan fingerprint density at radius 3 is 2.64 bits per heavy atom. The van der Waals surface area contributed by atoms with Gasteiger partial charge in [-0.15, -0.1) is 22.7 Å². The van der Waals surface area contributed by atoms with Gasteiger partial charge in [0.2, 0.25) is 0 Å². The van der Waals surface area contributed by atoms with Crippen molar-refractivity contribution in [2.75, 3.05) is 0 Å². The largest absolute Gasteiger partial charge is 0.241 e. The molecule has 0 fully saturated rings. The van der Waals surface area contributed by atoms with Crippen LogP contribution < -0.4 is 0 Å². The number of thiazole rings is 2. The Balaban J connectivity index is 2.58. The van der Waals surface area contributed by atoms with Gasteiger partial charge in [-0.3, -0.25) is 0 Å². The van der Waals surface area contributed by atoms with Crippen LogP contribution in [0.5, 0.6) is 0 Å². The summed E-state index contributed by atoms with van der Waals surface area (Å²) in [5.41, 5.74) is 2.20. The Morgan fingerprint density at radius 2 is 1.79 bits per heavy atom. The summed E-state index contributed by atoms with van der Waals surface area (Å²) in [6.45, 7) is 4.08. The number of rotatable bonds is 0. The molecule has 0 saturated heterocycles. The molecule has 0 radical (unpaired) electrons. The van der Waals surface area contributed by atoms with Crippen molar-refractivity contribution < 1.29 is 0 Å². The number of benzene rings is 1. The topological polar surface area (TPSA) is 25.8 Å². The van der Waals surface area contributed by atoms with E-state index in [9.17, 15) is 0 Å². The van der Waals surface area contributed by atoms with Gasteiger partial charge in [-0.1, -0.05) is 0 Å². The standard InChI is InChI=1S/C10H8N2S2/c1-5-11-7-3-4-8-9(10(7)14-5)12-6(2)13-8/h3-4H,1-2H3. The highest BCUT2D eigenvalue weighted by atomic mass is 32.1. The van der Waals surface area contributed by atoms with Crippen LogP contribution in [0.3, 0.4) is 0 Å². The first-order valence-electron chi connectivity index (χ1n) is 4.37. The predicted molar refractivity (Wildman–Crippen MR) is 62.3 cm³/mol. The minimum atomic E-state index is 1.07. The molecule has 1 aromatic carbocycles. The molecule has 2 aromatic heterocycles. The van der Waals surface area contributed by atoms with Gasteiger partial charge in [-0.2, -0.15) is 0 Å². The number of hydrogen-bond acceptors (Lipinski definition) is 4. The highest BCUT2D eigenvalue weighted by molar-refractivity contribution is 7.22. The van der Waals surface area contributed by atoms with E-state index in [1.54, 1.807) is 22.7 Å². The second-order valence-electron chi connectivity index (χ2n) is 3.23. The van der Waals surface area contributed by atoms with Crippen LogP contribution in [-0.2, 0) is 0 Å². The smallest absolute Gasteiger partial charge is 0.101 e. The van der Waals surface area contributed by atoms with E-state index in [-0.39, 0.29) is 0 Å². The molecule has 3 aromatic rings. The van der Waals surface area contributed by atoms with Gasteiger partial charge in [0.15, 0.2) is 0 Å². The van der Waals surface area contributed by atoms with Gasteiger partial charge in [0.25, 0.3) is 0 Å². The molecule has 70 valence electrons. The molecule has 3 rings (SSSR count). The van der Waals surface area contributed by atoms with Crippen LogP contribution in [0.15, 0.2) is 12.1 Å². The zero-order valence-electron chi connectivity index (χ0n) is 7.87. The summed E-state index contributed by atoms with van der Waals surface area (Å²) >= 11 is 3.47. The Kier molecular flexibility index (Phi) is 1.63. The van der Waals surface area contributed by atoms with Gasteiger partial charge in [0.05, 0.1) is 24.9 Å². The van der Waals surface area contributed by atoms with Gasteiger partial charge < -0.3 is 0 Å². The van der Waals surface area contributed by atoms with Crippen molar-refractivity contribution in [3.05, 3.63) is 22.1 Å². The molecule has 14 heavy (non-hydrogen) atoms. The maximum Gasteiger partial charge on any atom is 0.101 e. The molecule has 0 aliphatic carbocycles. The van der Waals surface area contributed by atoms with E-state index in [1.165, 1.54) is 9.40 Å². The summed E-state index contributed by atoms with van der Waals surface area (Å²) in [7, 11) is 0. The second-order valence-corrected chi connectivity index (χ2v) is 5.66. The quantitative estimate of drug-likeness (QED) is 0.579. The van der Waals surface area contributed by atoms with Crippen LogP contribution in [-0.4, -0.2) is 9.97 Å². The Bertz CT molecular complexity index is 566. The fraction of sp³-hybridized carbons (Fsp3) is 0.200. The third kappa shape index (κ3) is 1.07. The molecule has 0 saturated carbocycles. The highest BCUT2D eigenvalue weighted by Gasteiger charge is 2.08. The summed E-state index contributed by atoms with van der Waals surface area (Å²) in [5.74, 6) is 0. The molecule has 0 bridgehead atoms. The van der Waals surface area contributed by atoms with E-state index in [1.807, 2.05) is 13.8 Å². The van der Waals surface area contributed by atoms with Crippen LogP contribution in [0.2, 0.25) is 0 Å². The van der Waals surface area contributed by atoms with Crippen molar-refractivity contribution in [1.82, 2.24) is 9.97 Å². The Morgan fingerprint density at radius 1 is 1.00 bits per heavy atom. The third-order valence-corrected chi connectivity index (χ3v) is 4.06. The van der Waals surface area contributed by atoms with Gasteiger partial charge in [0.1, 0.15) is 5.52 Å². The summed E-state index contributed by atoms with van der Waals surface area (Å²) < 4.78 is 2.49. The zero-order chi connectivity index (χ0) is 9.71. The molecule has 4 heteroatoms. The average Bonchev–Trinajstić information content (AvgIpc) is 2.65. The lowest BCUT2D eigenvalue weighted by molar-refractivity contribution is 1.34. The van der Waals surface area contributed by atoms with Gasteiger partial charge in [-0.05, 0) is 26.0 Å². The first-order chi connectivity index (χ1) is 6.74. The number of aromatic nitrogens is 2. The van der Waals surface area contributed by atoms with Crippen molar-refractivity contribution in [3.63, 3.8) is 0 Å².